The molecule has 0 radical (unpaired) electrons. The van der Waals surface area contributed by atoms with Crippen LogP contribution in [-0.2, 0) is 10.4 Å². The highest BCUT2D eigenvalue weighted by Gasteiger charge is 2.60. The third-order valence-corrected chi connectivity index (χ3v) is 6.20. The van der Waals surface area contributed by atoms with Crippen LogP contribution in [0.15, 0.2) is 61.2 Å². The lowest BCUT2D eigenvalue weighted by Gasteiger charge is -2.40. The number of fused-ring (bicyclic) bond motifs is 3. The van der Waals surface area contributed by atoms with Crippen molar-refractivity contribution in [3.8, 4) is 0 Å². The number of halogens is 1. The molecule has 5 rings (SSSR count). The van der Waals surface area contributed by atoms with E-state index in [0.29, 0.717) is 28.3 Å². The van der Waals surface area contributed by atoms with E-state index in [1.807, 2.05) is 0 Å². The Bertz CT molecular complexity index is 1260. The minimum atomic E-state index is -1.22. The van der Waals surface area contributed by atoms with Crippen molar-refractivity contribution in [1.29, 1.82) is 0 Å². The molecule has 8 nitrogen and oxygen atoms in total. The van der Waals surface area contributed by atoms with Gasteiger partial charge in [0.15, 0.2) is 5.66 Å². The van der Waals surface area contributed by atoms with Crippen LogP contribution in [-0.4, -0.2) is 57.8 Å². The molecule has 4 heterocycles. The lowest BCUT2D eigenvalue weighted by Crippen LogP contribution is -2.51. The summed E-state index contributed by atoms with van der Waals surface area (Å²) < 4.78 is 4.85. The van der Waals surface area contributed by atoms with E-state index in [1.54, 1.807) is 52.5 Å². The summed E-state index contributed by atoms with van der Waals surface area (Å²) >= 11 is 6.12. The zero-order valence-electron chi connectivity index (χ0n) is 17.0. The summed E-state index contributed by atoms with van der Waals surface area (Å²) in [6, 6.07) is 10.1. The van der Waals surface area contributed by atoms with Crippen molar-refractivity contribution >= 4 is 29.4 Å². The van der Waals surface area contributed by atoms with Crippen molar-refractivity contribution in [1.82, 2.24) is 19.8 Å². The van der Waals surface area contributed by atoms with Crippen LogP contribution in [0, 0.1) is 0 Å². The van der Waals surface area contributed by atoms with Crippen molar-refractivity contribution < 1.29 is 19.1 Å². The highest BCUT2D eigenvalue weighted by atomic mass is 35.5. The smallest absolute Gasteiger partial charge is 0.338 e. The number of hydrogen-bond acceptors (Lipinski definition) is 6. The highest BCUT2D eigenvalue weighted by Crippen LogP contribution is 2.50. The SMILES string of the molecule is COC(=O)c1ccncc1C(=O)N1CCN2C(=O)c3ccncc3C12c1ccc(Cl)cc1. The Morgan fingerprint density at radius 2 is 1.72 bits per heavy atom. The van der Waals surface area contributed by atoms with Gasteiger partial charge in [0, 0.05) is 54.0 Å². The van der Waals surface area contributed by atoms with E-state index in [9.17, 15) is 14.4 Å². The molecule has 1 aromatic carbocycles. The number of carbonyl (C=O) groups is 3. The van der Waals surface area contributed by atoms with Gasteiger partial charge in [-0.05, 0) is 24.3 Å². The molecule has 0 aliphatic carbocycles. The van der Waals surface area contributed by atoms with Crippen LogP contribution in [0.4, 0.5) is 0 Å². The van der Waals surface area contributed by atoms with E-state index in [0.717, 1.165) is 0 Å². The van der Waals surface area contributed by atoms with E-state index in [2.05, 4.69) is 9.97 Å². The molecule has 0 bridgehead atoms. The molecule has 32 heavy (non-hydrogen) atoms. The highest BCUT2D eigenvalue weighted by molar-refractivity contribution is 6.30. The molecule has 2 aliphatic heterocycles. The largest absolute Gasteiger partial charge is 0.465 e. The maximum Gasteiger partial charge on any atom is 0.338 e. The van der Waals surface area contributed by atoms with Crippen molar-refractivity contribution in [3.63, 3.8) is 0 Å². The van der Waals surface area contributed by atoms with Gasteiger partial charge in [-0.25, -0.2) is 4.79 Å². The predicted molar refractivity (Wildman–Crippen MR) is 114 cm³/mol. The fourth-order valence-electron chi connectivity index (χ4n) is 4.61. The molecule has 160 valence electrons. The second-order valence-electron chi connectivity index (χ2n) is 7.43. The molecule has 2 aliphatic rings. The lowest BCUT2D eigenvalue weighted by molar-refractivity contribution is 0.0368. The molecule has 2 aromatic heterocycles. The Morgan fingerprint density at radius 3 is 2.47 bits per heavy atom. The summed E-state index contributed by atoms with van der Waals surface area (Å²) in [5.41, 5.74) is 0.753. The molecule has 1 unspecified atom stereocenters. The van der Waals surface area contributed by atoms with E-state index < -0.39 is 17.5 Å². The Morgan fingerprint density at radius 1 is 1.00 bits per heavy atom. The Hall–Kier alpha value is -3.78. The molecule has 9 heteroatoms. The number of benzene rings is 1. The van der Waals surface area contributed by atoms with Gasteiger partial charge in [0.05, 0.1) is 23.8 Å². The van der Waals surface area contributed by atoms with Crippen LogP contribution in [0.25, 0.3) is 0 Å². The minimum absolute atomic E-state index is 0.0966. The first kappa shape index (κ1) is 20.1. The van der Waals surface area contributed by atoms with Crippen LogP contribution in [0.5, 0.6) is 0 Å². The average Bonchev–Trinajstić information content (AvgIpc) is 3.34. The summed E-state index contributed by atoms with van der Waals surface area (Å²) in [7, 11) is 1.25. The third-order valence-electron chi connectivity index (χ3n) is 5.95. The Kier molecular flexibility index (Phi) is 4.67. The predicted octanol–water partition coefficient (Wildman–Crippen LogP) is 2.73. The summed E-state index contributed by atoms with van der Waals surface area (Å²) in [5.74, 6) is -1.27. The van der Waals surface area contributed by atoms with Gasteiger partial charge in [0.2, 0.25) is 0 Å². The van der Waals surface area contributed by atoms with Crippen molar-refractivity contribution in [2.45, 2.75) is 5.66 Å². The molecular weight excluding hydrogens is 432 g/mol. The number of pyridine rings is 2. The molecule has 0 N–H and O–H groups in total. The normalized spacial score (nSPS) is 19.0. The number of aromatic nitrogens is 2. The fraction of sp³-hybridized carbons (Fsp3) is 0.174. The zero-order chi connectivity index (χ0) is 22.5. The lowest BCUT2D eigenvalue weighted by atomic mass is 9.90. The number of ether oxygens (including phenoxy) is 1. The number of amides is 2. The minimum Gasteiger partial charge on any atom is -0.465 e. The second kappa shape index (κ2) is 7.42. The molecule has 1 saturated heterocycles. The fourth-order valence-corrected chi connectivity index (χ4v) is 4.73. The van der Waals surface area contributed by atoms with E-state index in [-0.39, 0.29) is 23.6 Å². The van der Waals surface area contributed by atoms with Crippen LogP contribution in [0.1, 0.15) is 42.2 Å². The van der Waals surface area contributed by atoms with Gasteiger partial charge in [-0.2, -0.15) is 0 Å². The summed E-state index contributed by atoms with van der Waals surface area (Å²) in [6.45, 7) is 0.576. The van der Waals surface area contributed by atoms with Gasteiger partial charge < -0.3 is 14.5 Å². The monoisotopic (exact) mass is 448 g/mol. The van der Waals surface area contributed by atoms with Gasteiger partial charge in [-0.3, -0.25) is 19.6 Å². The van der Waals surface area contributed by atoms with Crippen LogP contribution in [0.3, 0.4) is 0 Å². The van der Waals surface area contributed by atoms with Crippen molar-refractivity contribution in [3.05, 3.63) is 94.0 Å². The standard InChI is InChI=1S/C23H17ClN4O4/c1-32-22(31)16-6-8-25-12-18(16)21(30)28-11-10-27-20(29)17-7-9-26-13-19(17)23(27,28)14-2-4-15(24)5-3-14/h2-9,12-13H,10-11H2,1H3. The summed E-state index contributed by atoms with van der Waals surface area (Å²) in [6.07, 6.45) is 5.93. The van der Waals surface area contributed by atoms with E-state index in [1.165, 1.54) is 25.6 Å². The molecule has 0 saturated carbocycles. The first-order chi connectivity index (χ1) is 15.5. The van der Waals surface area contributed by atoms with E-state index >= 15 is 0 Å². The zero-order valence-corrected chi connectivity index (χ0v) is 17.7. The first-order valence-electron chi connectivity index (χ1n) is 9.87. The molecular formula is C23H17ClN4O4. The van der Waals surface area contributed by atoms with Crippen LogP contribution in [0.2, 0.25) is 5.02 Å². The maximum absolute atomic E-state index is 13.9. The van der Waals surface area contributed by atoms with Gasteiger partial charge in [0.25, 0.3) is 11.8 Å². The number of methoxy groups -OCH3 is 1. The second-order valence-corrected chi connectivity index (χ2v) is 7.86. The molecule has 1 atom stereocenters. The number of nitrogens with zero attached hydrogens (tertiary/aromatic N) is 4. The average molecular weight is 449 g/mol. The van der Waals surface area contributed by atoms with Crippen LogP contribution < -0.4 is 0 Å². The van der Waals surface area contributed by atoms with Gasteiger partial charge in [0.1, 0.15) is 0 Å². The molecule has 1 fully saturated rings. The quantitative estimate of drug-likeness (QED) is 0.572. The maximum atomic E-state index is 13.9. The summed E-state index contributed by atoms with van der Waals surface area (Å²) in [4.78, 5) is 51.0. The first-order valence-corrected chi connectivity index (χ1v) is 10.2. The topological polar surface area (TPSA) is 92.7 Å². The van der Waals surface area contributed by atoms with Gasteiger partial charge in [-0.15, -0.1) is 0 Å². The van der Waals surface area contributed by atoms with Crippen molar-refractivity contribution in [2.24, 2.45) is 0 Å². The number of esters is 1. The van der Waals surface area contributed by atoms with Gasteiger partial charge >= 0.3 is 5.97 Å². The number of hydrogen-bond donors (Lipinski definition) is 0. The van der Waals surface area contributed by atoms with E-state index in [4.69, 9.17) is 16.3 Å². The molecule has 0 spiro atoms. The third kappa shape index (κ3) is 2.66. The Balaban J connectivity index is 1.74. The van der Waals surface area contributed by atoms with Crippen molar-refractivity contribution in [2.75, 3.05) is 20.2 Å². The van der Waals surface area contributed by atoms with Gasteiger partial charge in [-0.1, -0.05) is 23.7 Å². The molecule has 3 aromatic rings. The molecule has 2 amide bonds. The Labute approximate surface area is 188 Å². The number of carbonyl (C=O) groups excluding carboxylic acids is 3. The van der Waals surface area contributed by atoms with Crippen LogP contribution >= 0.6 is 11.6 Å². The summed E-state index contributed by atoms with van der Waals surface area (Å²) in [5, 5.41) is 0.531. The number of rotatable bonds is 3.